The molecule has 0 spiro atoms. The van der Waals surface area contributed by atoms with Crippen LogP contribution >= 0.6 is 0 Å². The first-order valence-corrected chi connectivity index (χ1v) is 5.62. The molecule has 0 saturated heterocycles. The Labute approximate surface area is 99.7 Å². The topological polar surface area (TPSA) is 52.7 Å². The molecule has 0 saturated carbocycles. The molecular weight excluding hydrogens is 216 g/mol. The maximum Gasteiger partial charge on any atom is 0.345 e. The predicted molar refractivity (Wildman–Crippen MR) is 64.9 cm³/mol. The first kappa shape index (κ1) is 11.6. The second kappa shape index (κ2) is 4.53. The van der Waals surface area contributed by atoms with Crippen molar-refractivity contribution in [1.29, 1.82) is 0 Å². The van der Waals surface area contributed by atoms with Crippen LogP contribution in [0, 0.1) is 0 Å². The van der Waals surface area contributed by atoms with Crippen LogP contribution in [0.15, 0.2) is 29.3 Å². The van der Waals surface area contributed by atoms with Crippen LogP contribution in [-0.4, -0.2) is 19.3 Å². The summed E-state index contributed by atoms with van der Waals surface area (Å²) in [5.74, 6) is 1.05. The summed E-state index contributed by atoms with van der Waals surface area (Å²) < 4.78 is 3.09. The summed E-state index contributed by atoms with van der Waals surface area (Å²) in [6, 6.07) is 3.77. The minimum absolute atomic E-state index is 0.0782. The lowest BCUT2D eigenvalue weighted by molar-refractivity contribution is 0.639. The van der Waals surface area contributed by atoms with Crippen molar-refractivity contribution in [2.45, 2.75) is 26.3 Å². The van der Waals surface area contributed by atoms with Crippen molar-refractivity contribution in [1.82, 2.24) is 19.3 Å². The van der Waals surface area contributed by atoms with Crippen molar-refractivity contribution >= 4 is 0 Å². The van der Waals surface area contributed by atoms with Crippen LogP contribution in [0.1, 0.15) is 31.2 Å². The van der Waals surface area contributed by atoms with Crippen LogP contribution in [0.2, 0.25) is 0 Å². The van der Waals surface area contributed by atoms with Crippen molar-refractivity contribution < 1.29 is 0 Å². The fourth-order valence-electron chi connectivity index (χ4n) is 1.77. The molecule has 90 valence electrons. The third kappa shape index (κ3) is 2.27. The van der Waals surface area contributed by atoms with Gasteiger partial charge in [0, 0.05) is 25.4 Å². The number of nitrogens with zero attached hydrogens (tertiary/aromatic N) is 4. The fraction of sp³-hybridized carbons (Fsp3) is 0.417. The van der Waals surface area contributed by atoms with E-state index in [0.29, 0.717) is 6.54 Å². The lowest BCUT2D eigenvalue weighted by atomic mass is 10.2. The molecule has 0 N–H and O–H groups in total. The van der Waals surface area contributed by atoms with Crippen molar-refractivity contribution in [3.8, 4) is 0 Å². The highest BCUT2D eigenvalue weighted by molar-refractivity contribution is 5.10. The molecule has 0 aliphatic carbocycles. The Morgan fingerprint density at radius 3 is 2.47 bits per heavy atom. The van der Waals surface area contributed by atoms with Gasteiger partial charge in [-0.1, -0.05) is 13.8 Å². The van der Waals surface area contributed by atoms with E-state index in [4.69, 9.17) is 0 Å². The summed E-state index contributed by atoms with van der Waals surface area (Å²) in [4.78, 5) is 15.9. The minimum Gasteiger partial charge on any atom is -0.282 e. The number of hydrogen-bond donors (Lipinski definition) is 0. The van der Waals surface area contributed by atoms with E-state index in [1.165, 1.54) is 4.68 Å². The van der Waals surface area contributed by atoms with Crippen LogP contribution in [-0.2, 0) is 13.6 Å². The van der Waals surface area contributed by atoms with Gasteiger partial charge in [0.05, 0.1) is 6.54 Å². The maximum atomic E-state index is 11.9. The van der Waals surface area contributed by atoms with Gasteiger partial charge in [0.1, 0.15) is 5.82 Å². The Morgan fingerprint density at radius 1 is 1.29 bits per heavy atom. The molecule has 0 fully saturated rings. The van der Waals surface area contributed by atoms with E-state index in [1.54, 1.807) is 24.0 Å². The van der Waals surface area contributed by atoms with Gasteiger partial charge in [-0.25, -0.2) is 9.48 Å². The summed E-state index contributed by atoms with van der Waals surface area (Å²) >= 11 is 0. The van der Waals surface area contributed by atoms with E-state index < -0.39 is 0 Å². The number of pyridine rings is 1. The zero-order valence-electron chi connectivity index (χ0n) is 10.3. The predicted octanol–water partition coefficient (Wildman–Crippen LogP) is 1.15. The van der Waals surface area contributed by atoms with E-state index in [0.717, 1.165) is 11.4 Å². The summed E-state index contributed by atoms with van der Waals surface area (Å²) in [6.07, 6.45) is 3.43. The van der Waals surface area contributed by atoms with Crippen LogP contribution in [0.25, 0.3) is 0 Å². The van der Waals surface area contributed by atoms with E-state index >= 15 is 0 Å². The fourth-order valence-corrected chi connectivity index (χ4v) is 1.77. The molecule has 0 aliphatic heterocycles. The van der Waals surface area contributed by atoms with E-state index in [1.807, 2.05) is 26.0 Å². The normalized spacial score (nSPS) is 11.1. The van der Waals surface area contributed by atoms with E-state index in [2.05, 4.69) is 10.1 Å². The van der Waals surface area contributed by atoms with Crippen LogP contribution in [0.4, 0.5) is 0 Å². The van der Waals surface area contributed by atoms with Crippen LogP contribution in [0.3, 0.4) is 0 Å². The third-order valence-electron chi connectivity index (χ3n) is 2.67. The monoisotopic (exact) mass is 232 g/mol. The molecule has 17 heavy (non-hydrogen) atoms. The Hall–Kier alpha value is -1.91. The standard InChI is InChI=1S/C12H16N4O/c1-9(2)11-14-16(12(17)15(11)3)8-10-4-6-13-7-5-10/h4-7,9H,8H2,1-3H3. The lowest BCUT2D eigenvalue weighted by Gasteiger charge is -2.01. The molecule has 0 unspecified atom stereocenters. The zero-order chi connectivity index (χ0) is 12.4. The highest BCUT2D eigenvalue weighted by Gasteiger charge is 2.12. The number of aromatic nitrogens is 4. The van der Waals surface area contributed by atoms with Gasteiger partial charge in [-0.05, 0) is 17.7 Å². The molecule has 0 bridgehead atoms. The molecule has 2 aromatic rings. The molecular formula is C12H16N4O. The number of hydrogen-bond acceptors (Lipinski definition) is 3. The minimum atomic E-state index is -0.0782. The number of rotatable bonds is 3. The van der Waals surface area contributed by atoms with Gasteiger partial charge >= 0.3 is 5.69 Å². The van der Waals surface area contributed by atoms with Gasteiger partial charge < -0.3 is 0 Å². The molecule has 0 radical (unpaired) electrons. The van der Waals surface area contributed by atoms with Crippen molar-refractivity contribution in [3.05, 3.63) is 46.4 Å². The van der Waals surface area contributed by atoms with Gasteiger partial charge in [0.25, 0.3) is 0 Å². The third-order valence-corrected chi connectivity index (χ3v) is 2.67. The second-order valence-electron chi connectivity index (χ2n) is 4.37. The van der Waals surface area contributed by atoms with Crippen LogP contribution in [0.5, 0.6) is 0 Å². The molecule has 0 atom stereocenters. The zero-order valence-corrected chi connectivity index (χ0v) is 10.3. The van der Waals surface area contributed by atoms with Crippen molar-refractivity contribution in [3.63, 3.8) is 0 Å². The lowest BCUT2D eigenvalue weighted by Crippen LogP contribution is -2.23. The average Bonchev–Trinajstić information content (AvgIpc) is 2.59. The first-order chi connectivity index (χ1) is 8.09. The van der Waals surface area contributed by atoms with Gasteiger partial charge in [-0.3, -0.25) is 9.55 Å². The Balaban J connectivity index is 2.35. The summed E-state index contributed by atoms with van der Waals surface area (Å²) in [6.45, 7) is 4.54. The first-order valence-electron chi connectivity index (χ1n) is 5.62. The second-order valence-corrected chi connectivity index (χ2v) is 4.37. The van der Waals surface area contributed by atoms with E-state index in [-0.39, 0.29) is 11.6 Å². The molecule has 5 heteroatoms. The molecule has 2 heterocycles. The van der Waals surface area contributed by atoms with E-state index in [9.17, 15) is 4.79 Å². The highest BCUT2D eigenvalue weighted by atomic mass is 16.2. The quantitative estimate of drug-likeness (QED) is 0.797. The van der Waals surface area contributed by atoms with Gasteiger partial charge in [0.15, 0.2) is 0 Å². The van der Waals surface area contributed by atoms with Gasteiger partial charge in [-0.2, -0.15) is 5.10 Å². The SMILES string of the molecule is CC(C)c1nn(Cc2ccncc2)c(=O)n1C. The van der Waals surface area contributed by atoms with Crippen LogP contribution < -0.4 is 5.69 Å². The Kier molecular flexibility index (Phi) is 3.08. The van der Waals surface area contributed by atoms with Crippen molar-refractivity contribution in [2.75, 3.05) is 0 Å². The van der Waals surface area contributed by atoms with Gasteiger partial charge in [0.2, 0.25) is 0 Å². The Morgan fingerprint density at radius 2 is 1.94 bits per heavy atom. The Bertz CT molecular complexity index is 554. The molecule has 2 aromatic heterocycles. The molecule has 0 aliphatic rings. The summed E-state index contributed by atoms with van der Waals surface area (Å²) in [5, 5.41) is 4.35. The van der Waals surface area contributed by atoms with Crippen molar-refractivity contribution in [2.24, 2.45) is 7.05 Å². The molecule has 5 nitrogen and oxygen atoms in total. The largest absolute Gasteiger partial charge is 0.345 e. The van der Waals surface area contributed by atoms with Gasteiger partial charge in [-0.15, -0.1) is 0 Å². The highest BCUT2D eigenvalue weighted by Crippen LogP contribution is 2.08. The average molecular weight is 232 g/mol. The molecule has 2 rings (SSSR count). The maximum absolute atomic E-state index is 11.9. The summed E-state index contributed by atoms with van der Waals surface area (Å²) in [5.41, 5.74) is 0.945. The molecule has 0 amide bonds. The summed E-state index contributed by atoms with van der Waals surface area (Å²) in [7, 11) is 1.76. The molecule has 0 aromatic carbocycles. The smallest absolute Gasteiger partial charge is 0.282 e.